The lowest BCUT2D eigenvalue weighted by Crippen LogP contribution is -2.35. The number of Topliss-reactive ketones (excluding diaryl/α,β-unsaturated/α-hetero) is 1. The lowest BCUT2D eigenvalue weighted by atomic mass is 10.1. The van der Waals surface area contributed by atoms with Crippen molar-refractivity contribution in [2.75, 3.05) is 18.6 Å². The SMILES string of the molecule is CC.CCC.CSC(=N[C@H](C)C(=O)NCC(C)=O)c1csc(CNC(=O)C[C@H](C)/C=C/CCSSc2ccccn2)n1. The zero-order valence-electron chi connectivity index (χ0n) is 26.1. The molecule has 2 amide bonds. The van der Waals surface area contributed by atoms with Crippen molar-refractivity contribution in [1.82, 2.24) is 20.6 Å². The maximum atomic E-state index is 12.4. The van der Waals surface area contributed by atoms with E-state index in [9.17, 15) is 14.4 Å². The molecule has 0 saturated heterocycles. The summed E-state index contributed by atoms with van der Waals surface area (Å²) in [6.07, 6.45) is 10.5. The number of hydrogen-bond acceptors (Lipinski definition) is 10. The van der Waals surface area contributed by atoms with Crippen LogP contribution in [-0.4, -0.2) is 57.2 Å². The zero-order valence-corrected chi connectivity index (χ0v) is 29.4. The standard InChI is InChI=1S/C25H33N5O3S4.C3H8.C2H6/c1-17(9-6-8-12-36-37-22-10-5-7-11-26-22)13-21(32)27-15-23-30-20(16-35-23)25(34-4)29-19(3)24(33)28-14-18(2)31;1-3-2;1-2/h5-7,9-11,16-17,19H,8,12-15H2,1-4H3,(H,27,32)(H,28,33);3H2,1-2H3;1-2H3/b9-6+,29-25?;;/t17-,19-;;/m1../s1. The number of carbonyl (C=O) groups is 3. The molecule has 2 atom stereocenters. The van der Waals surface area contributed by atoms with Gasteiger partial charge in [0.1, 0.15) is 32.6 Å². The summed E-state index contributed by atoms with van der Waals surface area (Å²) < 4.78 is 0. The number of thiazole rings is 1. The molecule has 8 nitrogen and oxygen atoms in total. The lowest BCUT2D eigenvalue weighted by molar-refractivity contribution is -0.125. The Balaban J connectivity index is 0.00000315. The normalized spacial score (nSPS) is 12.3. The molecule has 42 heavy (non-hydrogen) atoms. The molecule has 0 unspecified atom stereocenters. The molecule has 2 heterocycles. The molecule has 2 aromatic rings. The third-order valence-corrected chi connectivity index (χ3v) is 8.57. The van der Waals surface area contributed by atoms with E-state index in [2.05, 4.69) is 51.6 Å². The molecular formula is C30H47N5O3S4. The molecule has 2 N–H and O–H groups in total. The highest BCUT2D eigenvalue weighted by Gasteiger charge is 2.16. The molecule has 0 bridgehead atoms. The minimum Gasteiger partial charge on any atom is -0.350 e. The quantitative estimate of drug-likeness (QED) is 0.0682. The number of allylic oxidation sites excluding steroid dienone is 2. The van der Waals surface area contributed by atoms with E-state index in [0.717, 1.165) is 22.2 Å². The third kappa shape index (κ3) is 19.1. The van der Waals surface area contributed by atoms with Gasteiger partial charge < -0.3 is 10.6 Å². The van der Waals surface area contributed by atoms with E-state index in [1.165, 1.54) is 36.4 Å². The van der Waals surface area contributed by atoms with E-state index in [0.29, 0.717) is 23.7 Å². The summed E-state index contributed by atoms with van der Waals surface area (Å²) in [5.74, 6) is 0.674. The molecule has 0 fully saturated rings. The molecule has 2 rings (SSSR count). The number of amides is 2. The van der Waals surface area contributed by atoms with Crippen LogP contribution in [0, 0.1) is 5.92 Å². The Morgan fingerprint density at radius 3 is 2.48 bits per heavy atom. The molecule has 0 aliphatic rings. The summed E-state index contributed by atoms with van der Waals surface area (Å²) >= 11 is 2.83. The first-order valence-electron chi connectivity index (χ1n) is 14.2. The van der Waals surface area contributed by atoms with E-state index in [-0.39, 0.29) is 30.1 Å². The number of nitrogens with one attached hydrogen (secondary N) is 2. The van der Waals surface area contributed by atoms with Crippen LogP contribution in [0.4, 0.5) is 0 Å². The van der Waals surface area contributed by atoms with Gasteiger partial charge in [0.25, 0.3) is 0 Å². The fraction of sp³-hybridized carbons (Fsp3) is 0.533. The number of nitrogens with zero attached hydrogens (tertiary/aromatic N) is 3. The van der Waals surface area contributed by atoms with Gasteiger partial charge in [-0.1, -0.05) is 70.1 Å². The van der Waals surface area contributed by atoms with Gasteiger partial charge in [0.15, 0.2) is 0 Å². The van der Waals surface area contributed by atoms with E-state index in [1.807, 2.05) is 50.6 Å². The van der Waals surface area contributed by atoms with E-state index in [1.54, 1.807) is 34.7 Å². The highest BCUT2D eigenvalue weighted by molar-refractivity contribution is 8.76. The number of thioether (sulfide) groups is 1. The van der Waals surface area contributed by atoms with Crippen molar-refractivity contribution in [3.8, 4) is 0 Å². The van der Waals surface area contributed by atoms with Crippen molar-refractivity contribution in [2.24, 2.45) is 10.9 Å². The first-order valence-corrected chi connectivity index (χ1v) is 18.6. The Bertz CT molecular complexity index is 1090. The first kappa shape index (κ1) is 39.8. The second-order valence-corrected chi connectivity index (χ2v) is 13.0. The summed E-state index contributed by atoms with van der Waals surface area (Å²) in [7, 11) is 3.44. The highest BCUT2D eigenvalue weighted by atomic mass is 33.1. The smallest absolute Gasteiger partial charge is 0.244 e. The van der Waals surface area contributed by atoms with Crippen LogP contribution in [0.15, 0.2) is 51.9 Å². The average Bonchev–Trinajstić information content (AvgIpc) is 3.46. The third-order valence-electron chi connectivity index (χ3n) is 4.72. The zero-order chi connectivity index (χ0) is 31.8. The Kier molecular flexibility index (Phi) is 24.1. The minimum absolute atomic E-state index is 0.00679. The Labute approximate surface area is 268 Å². The predicted molar refractivity (Wildman–Crippen MR) is 185 cm³/mol. The maximum Gasteiger partial charge on any atom is 0.244 e. The van der Waals surface area contributed by atoms with Gasteiger partial charge in [0.2, 0.25) is 11.8 Å². The molecule has 0 spiro atoms. The van der Waals surface area contributed by atoms with Crippen LogP contribution in [0.2, 0.25) is 0 Å². The van der Waals surface area contributed by atoms with Gasteiger partial charge in [0, 0.05) is 23.8 Å². The summed E-state index contributed by atoms with van der Waals surface area (Å²) in [6, 6.07) is 5.25. The summed E-state index contributed by atoms with van der Waals surface area (Å²) in [5.41, 5.74) is 0.670. The van der Waals surface area contributed by atoms with Crippen LogP contribution in [0.5, 0.6) is 0 Å². The minimum atomic E-state index is -0.639. The van der Waals surface area contributed by atoms with Crippen molar-refractivity contribution in [3.63, 3.8) is 0 Å². The summed E-state index contributed by atoms with van der Waals surface area (Å²) in [4.78, 5) is 48.8. The molecule has 0 aromatic carbocycles. The molecule has 0 aliphatic heterocycles. The van der Waals surface area contributed by atoms with Crippen molar-refractivity contribution >= 4 is 67.3 Å². The second kappa shape index (κ2) is 25.4. The number of rotatable bonds is 15. The second-order valence-electron chi connectivity index (χ2n) is 8.82. The molecule has 2 aromatic heterocycles. The molecule has 234 valence electrons. The molecule has 12 heteroatoms. The Morgan fingerprint density at radius 2 is 1.86 bits per heavy atom. The number of ketones is 1. The van der Waals surface area contributed by atoms with Gasteiger partial charge in [0.05, 0.1) is 13.1 Å². The Morgan fingerprint density at radius 1 is 1.14 bits per heavy atom. The van der Waals surface area contributed by atoms with Crippen LogP contribution < -0.4 is 10.6 Å². The Hall–Kier alpha value is -2.15. The topological polar surface area (TPSA) is 113 Å². The van der Waals surface area contributed by atoms with Crippen LogP contribution in [0.3, 0.4) is 0 Å². The fourth-order valence-electron chi connectivity index (χ4n) is 2.86. The lowest BCUT2D eigenvalue weighted by Gasteiger charge is -2.09. The molecular weight excluding hydrogens is 607 g/mol. The van der Waals surface area contributed by atoms with Crippen LogP contribution >= 0.6 is 44.7 Å². The summed E-state index contributed by atoms with van der Waals surface area (Å²) in [5, 5.41) is 9.78. The van der Waals surface area contributed by atoms with Crippen molar-refractivity contribution in [3.05, 3.63) is 52.6 Å². The van der Waals surface area contributed by atoms with Gasteiger partial charge in [-0.15, -0.1) is 23.1 Å². The highest BCUT2D eigenvalue weighted by Crippen LogP contribution is 2.29. The van der Waals surface area contributed by atoms with E-state index in [4.69, 9.17) is 0 Å². The van der Waals surface area contributed by atoms with E-state index >= 15 is 0 Å². The number of hydrogen-bond donors (Lipinski definition) is 2. The van der Waals surface area contributed by atoms with Gasteiger partial charge in [-0.2, -0.15) is 0 Å². The van der Waals surface area contributed by atoms with Crippen molar-refractivity contribution in [1.29, 1.82) is 0 Å². The molecule has 0 saturated carbocycles. The van der Waals surface area contributed by atoms with Crippen LogP contribution in [0.25, 0.3) is 0 Å². The van der Waals surface area contributed by atoms with Gasteiger partial charge in [-0.3, -0.25) is 19.4 Å². The predicted octanol–water partition coefficient (Wildman–Crippen LogP) is 7.21. The fourth-order valence-corrected chi connectivity index (χ4v) is 6.10. The number of carbonyl (C=O) groups excluding carboxylic acids is 3. The van der Waals surface area contributed by atoms with Gasteiger partial charge in [-0.05, 0) is 55.4 Å². The monoisotopic (exact) mass is 653 g/mol. The van der Waals surface area contributed by atoms with Crippen LogP contribution in [0.1, 0.15) is 78.4 Å². The summed E-state index contributed by atoms with van der Waals surface area (Å²) in [6.45, 7) is 13.7. The number of aliphatic imine (C=N–C) groups is 1. The van der Waals surface area contributed by atoms with Crippen LogP contribution in [-0.2, 0) is 20.9 Å². The number of pyridine rings is 1. The number of aromatic nitrogens is 2. The molecule has 0 radical (unpaired) electrons. The van der Waals surface area contributed by atoms with Gasteiger partial charge in [-0.25, -0.2) is 9.97 Å². The molecule has 0 aliphatic carbocycles. The van der Waals surface area contributed by atoms with Gasteiger partial charge >= 0.3 is 0 Å². The van der Waals surface area contributed by atoms with Crippen molar-refractivity contribution < 1.29 is 14.4 Å². The van der Waals surface area contributed by atoms with E-state index < -0.39 is 6.04 Å². The van der Waals surface area contributed by atoms with Crippen molar-refractivity contribution in [2.45, 2.75) is 85.3 Å². The largest absolute Gasteiger partial charge is 0.350 e. The first-order chi connectivity index (χ1) is 20.2. The maximum absolute atomic E-state index is 12.4. The average molecular weight is 654 g/mol.